The Morgan fingerprint density at radius 3 is 2.26 bits per heavy atom. The van der Waals surface area contributed by atoms with Crippen molar-refractivity contribution in [3.05, 3.63) is 64.7 Å². The zero-order valence-electron chi connectivity index (χ0n) is 16.6. The summed E-state index contributed by atoms with van der Waals surface area (Å²) in [6.45, 7) is 9.84. The Bertz CT molecular complexity index is 744. The minimum absolute atomic E-state index is 0.158. The van der Waals surface area contributed by atoms with Gasteiger partial charge in [0.1, 0.15) is 0 Å². The molecule has 1 aliphatic rings. The van der Waals surface area contributed by atoms with Gasteiger partial charge in [-0.25, -0.2) is 0 Å². The Labute approximate surface area is 168 Å². The van der Waals surface area contributed by atoms with Crippen LogP contribution in [-0.4, -0.2) is 35.2 Å². The van der Waals surface area contributed by atoms with Gasteiger partial charge >= 0.3 is 0 Å². The van der Waals surface area contributed by atoms with E-state index >= 15 is 0 Å². The Balaban J connectivity index is 1.50. The normalized spacial score (nSPS) is 17.7. The topological polar surface area (TPSA) is 35.5 Å². The molecular formula is C23H31ClN2O. The third-order valence-corrected chi connectivity index (χ3v) is 5.88. The molecule has 3 nitrogen and oxygen atoms in total. The van der Waals surface area contributed by atoms with Crippen LogP contribution >= 0.6 is 11.6 Å². The lowest BCUT2D eigenvalue weighted by Gasteiger charge is -2.38. The van der Waals surface area contributed by atoms with E-state index in [1.807, 2.05) is 18.2 Å². The maximum absolute atomic E-state index is 10.9. The summed E-state index contributed by atoms with van der Waals surface area (Å²) >= 11 is 6.27. The van der Waals surface area contributed by atoms with E-state index in [2.05, 4.69) is 61.3 Å². The van der Waals surface area contributed by atoms with Crippen LogP contribution in [0.25, 0.3) is 0 Å². The standard InChI is InChI=1S/C23H31ClN2O/c1-22(2,3)19-8-10-20(11-9-19)25-17-23(27)12-14-26(15-13-23)16-18-6-4-5-7-21(18)24/h4-11,25,27H,12-17H2,1-3H3. The van der Waals surface area contributed by atoms with Crippen LogP contribution in [0.4, 0.5) is 5.69 Å². The quantitative estimate of drug-likeness (QED) is 0.752. The molecule has 1 fully saturated rings. The third-order valence-electron chi connectivity index (χ3n) is 5.51. The van der Waals surface area contributed by atoms with Crippen molar-refractivity contribution in [2.45, 2.75) is 51.2 Å². The van der Waals surface area contributed by atoms with Crippen molar-refractivity contribution in [2.24, 2.45) is 0 Å². The Hall–Kier alpha value is -1.55. The zero-order chi connectivity index (χ0) is 19.5. The van der Waals surface area contributed by atoms with Crippen molar-refractivity contribution in [1.82, 2.24) is 4.90 Å². The lowest BCUT2D eigenvalue weighted by Crippen LogP contribution is -2.48. The minimum atomic E-state index is -0.653. The first kappa shape index (κ1) is 20.2. The summed E-state index contributed by atoms with van der Waals surface area (Å²) in [5.74, 6) is 0. The smallest absolute Gasteiger partial charge is 0.0843 e. The van der Waals surface area contributed by atoms with Crippen LogP contribution in [0.5, 0.6) is 0 Å². The molecule has 0 bridgehead atoms. The highest BCUT2D eigenvalue weighted by molar-refractivity contribution is 6.31. The summed E-state index contributed by atoms with van der Waals surface area (Å²) in [6, 6.07) is 16.5. The largest absolute Gasteiger partial charge is 0.388 e. The number of nitrogens with one attached hydrogen (secondary N) is 1. The average Bonchev–Trinajstić information content (AvgIpc) is 2.64. The summed E-state index contributed by atoms with van der Waals surface area (Å²) in [4.78, 5) is 2.37. The molecule has 2 N–H and O–H groups in total. The molecule has 3 rings (SSSR count). The molecule has 146 valence electrons. The number of hydrogen-bond acceptors (Lipinski definition) is 3. The van der Waals surface area contributed by atoms with E-state index < -0.39 is 5.60 Å². The van der Waals surface area contributed by atoms with E-state index in [-0.39, 0.29) is 5.41 Å². The number of piperidine rings is 1. The molecule has 4 heteroatoms. The molecule has 27 heavy (non-hydrogen) atoms. The Morgan fingerprint density at radius 1 is 1.04 bits per heavy atom. The van der Waals surface area contributed by atoms with Crippen molar-refractivity contribution < 1.29 is 5.11 Å². The van der Waals surface area contributed by atoms with E-state index in [1.54, 1.807) is 0 Å². The van der Waals surface area contributed by atoms with E-state index in [4.69, 9.17) is 11.6 Å². The Kier molecular flexibility index (Phi) is 6.15. The number of hydrogen-bond donors (Lipinski definition) is 2. The van der Waals surface area contributed by atoms with Gasteiger partial charge < -0.3 is 10.4 Å². The molecule has 0 radical (unpaired) electrons. The second-order valence-corrected chi connectivity index (χ2v) is 9.18. The van der Waals surface area contributed by atoms with Crippen LogP contribution in [0.2, 0.25) is 5.02 Å². The van der Waals surface area contributed by atoms with Crippen LogP contribution in [0.15, 0.2) is 48.5 Å². The number of aliphatic hydroxyl groups is 1. The van der Waals surface area contributed by atoms with Gasteiger partial charge in [0.2, 0.25) is 0 Å². The molecule has 0 saturated carbocycles. The fourth-order valence-corrected chi connectivity index (χ4v) is 3.72. The molecule has 1 saturated heterocycles. The van der Waals surface area contributed by atoms with Crippen molar-refractivity contribution in [1.29, 1.82) is 0 Å². The van der Waals surface area contributed by atoms with Gasteiger partial charge in [0, 0.05) is 36.9 Å². The van der Waals surface area contributed by atoms with Crippen molar-refractivity contribution in [3.63, 3.8) is 0 Å². The zero-order valence-corrected chi connectivity index (χ0v) is 17.4. The molecule has 0 amide bonds. The van der Waals surface area contributed by atoms with Gasteiger partial charge in [0.05, 0.1) is 5.60 Å². The first-order chi connectivity index (χ1) is 12.8. The number of likely N-dealkylation sites (tertiary alicyclic amines) is 1. The highest BCUT2D eigenvalue weighted by Crippen LogP contribution is 2.27. The summed E-state index contributed by atoms with van der Waals surface area (Å²) in [5, 5.41) is 15.2. The summed E-state index contributed by atoms with van der Waals surface area (Å²) in [5.41, 5.74) is 3.04. The van der Waals surface area contributed by atoms with Gasteiger partial charge in [-0.3, -0.25) is 4.90 Å². The Morgan fingerprint density at radius 2 is 1.67 bits per heavy atom. The molecular weight excluding hydrogens is 356 g/mol. The molecule has 0 atom stereocenters. The second kappa shape index (κ2) is 8.22. The number of anilines is 1. The second-order valence-electron chi connectivity index (χ2n) is 8.77. The van der Waals surface area contributed by atoms with Crippen molar-refractivity contribution in [3.8, 4) is 0 Å². The molecule has 2 aromatic rings. The number of halogens is 1. The number of nitrogens with zero attached hydrogens (tertiary/aromatic N) is 1. The maximum Gasteiger partial charge on any atom is 0.0843 e. The van der Waals surface area contributed by atoms with Crippen LogP contribution in [0.1, 0.15) is 44.7 Å². The van der Waals surface area contributed by atoms with Crippen LogP contribution in [-0.2, 0) is 12.0 Å². The lowest BCUT2D eigenvalue weighted by molar-refractivity contribution is -0.0120. The van der Waals surface area contributed by atoms with Gasteiger partial charge in [0.25, 0.3) is 0 Å². The predicted octanol–water partition coefficient (Wildman–Crippen LogP) is 5.08. The van der Waals surface area contributed by atoms with Crippen LogP contribution in [0, 0.1) is 0 Å². The summed E-state index contributed by atoms with van der Waals surface area (Å²) in [6.07, 6.45) is 1.54. The van der Waals surface area contributed by atoms with E-state index in [9.17, 15) is 5.11 Å². The van der Waals surface area contributed by atoms with Gasteiger partial charge in [-0.15, -0.1) is 0 Å². The van der Waals surface area contributed by atoms with Crippen LogP contribution in [0.3, 0.4) is 0 Å². The molecule has 1 aliphatic heterocycles. The molecule has 2 aromatic carbocycles. The first-order valence-corrected chi connectivity index (χ1v) is 10.2. The SMILES string of the molecule is CC(C)(C)c1ccc(NCC2(O)CCN(Cc3ccccc3Cl)CC2)cc1. The van der Waals surface area contributed by atoms with Gasteiger partial charge in [0.15, 0.2) is 0 Å². The highest BCUT2D eigenvalue weighted by Gasteiger charge is 2.32. The summed E-state index contributed by atoms with van der Waals surface area (Å²) < 4.78 is 0. The highest BCUT2D eigenvalue weighted by atomic mass is 35.5. The van der Waals surface area contributed by atoms with E-state index in [0.717, 1.165) is 48.7 Å². The van der Waals surface area contributed by atoms with E-state index in [1.165, 1.54) is 5.56 Å². The lowest BCUT2D eigenvalue weighted by atomic mass is 9.87. The summed E-state index contributed by atoms with van der Waals surface area (Å²) in [7, 11) is 0. The fraction of sp³-hybridized carbons (Fsp3) is 0.478. The third kappa shape index (κ3) is 5.47. The molecule has 0 spiro atoms. The van der Waals surface area contributed by atoms with Crippen LogP contribution < -0.4 is 5.32 Å². The fourth-order valence-electron chi connectivity index (χ4n) is 3.53. The maximum atomic E-state index is 10.9. The monoisotopic (exact) mass is 386 g/mol. The predicted molar refractivity (Wildman–Crippen MR) is 115 cm³/mol. The van der Waals surface area contributed by atoms with Crippen molar-refractivity contribution >= 4 is 17.3 Å². The van der Waals surface area contributed by atoms with Gasteiger partial charge in [-0.2, -0.15) is 0 Å². The van der Waals surface area contributed by atoms with Gasteiger partial charge in [-0.1, -0.05) is 62.7 Å². The van der Waals surface area contributed by atoms with Gasteiger partial charge in [-0.05, 0) is 47.6 Å². The first-order valence-electron chi connectivity index (χ1n) is 9.78. The number of benzene rings is 2. The number of rotatable bonds is 5. The van der Waals surface area contributed by atoms with Crippen molar-refractivity contribution in [2.75, 3.05) is 25.0 Å². The molecule has 0 aliphatic carbocycles. The minimum Gasteiger partial charge on any atom is -0.388 e. The molecule has 0 aromatic heterocycles. The average molecular weight is 387 g/mol. The van der Waals surface area contributed by atoms with E-state index in [0.29, 0.717) is 6.54 Å². The molecule has 1 heterocycles. The molecule has 0 unspecified atom stereocenters.